The minimum absolute atomic E-state index is 0.0332. The van der Waals surface area contributed by atoms with Crippen LogP contribution in [0.2, 0.25) is 5.02 Å². The van der Waals surface area contributed by atoms with E-state index in [4.69, 9.17) is 11.6 Å². The molecule has 0 unspecified atom stereocenters. The number of anilines is 1. The first kappa shape index (κ1) is 17.1. The molecule has 0 aliphatic heterocycles. The fraction of sp³-hybridized carbons (Fsp3) is 0.0625. The third-order valence-corrected chi connectivity index (χ3v) is 4.67. The average molecular weight is 465 g/mol. The molecule has 0 saturated heterocycles. The summed E-state index contributed by atoms with van der Waals surface area (Å²) in [7, 11) is 0. The highest BCUT2D eigenvalue weighted by atomic mass is 127. The Labute approximate surface area is 153 Å². The lowest BCUT2D eigenvalue weighted by atomic mass is 10.1. The molecular weight excluding hydrogens is 456 g/mol. The van der Waals surface area contributed by atoms with Crippen molar-refractivity contribution >= 4 is 56.7 Å². The zero-order chi connectivity index (χ0) is 17.5. The highest BCUT2D eigenvalue weighted by Crippen LogP contribution is 2.34. The fourth-order valence-electron chi connectivity index (χ4n) is 2.31. The van der Waals surface area contributed by atoms with Gasteiger partial charge in [-0.1, -0.05) is 17.7 Å². The van der Waals surface area contributed by atoms with Gasteiger partial charge in [0, 0.05) is 20.7 Å². The summed E-state index contributed by atoms with van der Waals surface area (Å²) in [5.74, 6) is -0.536. The zero-order valence-electron chi connectivity index (χ0n) is 11.8. The first-order valence-corrected chi connectivity index (χ1v) is 8.17. The molecule has 0 atom stereocenters. The number of nitrogens with one attached hydrogen (secondary N) is 2. The van der Waals surface area contributed by atoms with Gasteiger partial charge in [-0.25, -0.2) is 0 Å². The minimum atomic E-state index is -4.51. The number of carbonyl (C=O) groups excluding carboxylic acids is 1. The van der Waals surface area contributed by atoms with Crippen molar-refractivity contribution in [3.8, 4) is 0 Å². The van der Waals surface area contributed by atoms with Gasteiger partial charge in [0.05, 0.1) is 21.8 Å². The number of halogens is 5. The van der Waals surface area contributed by atoms with Crippen LogP contribution in [0.1, 0.15) is 15.9 Å². The summed E-state index contributed by atoms with van der Waals surface area (Å²) in [6, 6.07) is 8.29. The minimum Gasteiger partial charge on any atom is -0.360 e. The summed E-state index contributed by atoms with van der Waals surface area (Å²) in [6.07, 6.45) is -3.00. The Morgan fingerprint density at radius 2 is 1.96 bits per heavy atom. The van der Waals surface area contributed by atoms with E-state index >= 15 is 0 Å². The predicted molar refractivity (Wildman–Crippen MR) is 95.4 cm³/mol. The van der Waals surface area contributed by atoms with Crippen molar-refractivity contribution in [2.75, 3.05) is 5.32 Å². The number of aromatic amines is 1. The number of hydrogen-bond acceptors (Lipinski definition) is 1. The molecule has 3 nitrogen and oxygen atoms in total. The molecule has 3 rings (SSSR count). The van der Waals surface area contributed by atoms with Crippen molar-refractivity contribution in [3.63, 3.8) is 0 Å². The van der Waals surface area contributed by atoms with Gasteiger partial charge in [0.1, 0.15) is 0 Å². The molecule has 2 N–H and O–H groups in total. The molecule has 0 spiro atoms. The van der Waals surface area contributed by atoms with Gasteiger partial charge < -0.3 is 10.3 Å². The van der Waals surface area contributed by atoms with Crippen molar-refractivity contribution in [1.82, 2.24) is 4.98 Å². The van der Waals surface area contributed by atoms with Crippen molar-refractivity contribution in [2.45, 2.75) is 6.18 Å². The van der Waals surface area contributed by atoms with Crippen LogP contribution in [-0.2, 0) is 6.18 Å². The molecule has 0 aliphatic rings. The summed E-state index contributed by atoms with van der Waals surface area (Å²) in [4.78, 5) is 15.4. The molecule has 0 saturated carbocycles. The molecule has 8 heteroatoms. The number of H-pyrrole nitrogens is 1. The van der Waals surface area contributed by atoms with E-state index in [1.54, 1.807) is 0 Å². The second-order valence-electron chi connectivity index (χ2n) is 5.01. The lowest BCUT2D eigenvalue weighted by Gasteiger charge is -2.11. The van der Waals surface area contributed by atoms with Crippen LogP contribution in [0, 0.1) is 3.57 Å². The Morgan fingerprint density at radius 1 is 1.21 bits per heavy atom. The fourth-order valence-corrected chi connectivity index (χ4v) is 3.26. The highest BCUT2D eigenvalue weighted by Gasteiger charge is 2.31. The van der Waals surface area contributed by atoms with Crippen LogP contribution in [0.15, 0.2) is 42.6 Å². The highest BCUT2D eigenvalue weighted by molar-refractivity contribution is 14.1. The Balaban J connectivity index is 1.98. The van der Waals surface area contributed by atoms with Gasteiger partial charge in [0.15, 0.2) is 0 Å². The number of benzene rings is 2. The topological polar surface area (TPSA) is 44.9 Å². The van der Waals surface area contributed by atoms with Crippen molar-refractivity contribution < 1.29 is 18.0 Å². The standard InChI is InChI=1S/C16H9ClF3IN2O/c17-10-5-4-8(16(18,19)20)6-13(10)23-15(24)9-7-22-12-3-1-2-11(21)14(9)12/h1-7,22H,(H,23,24). The van der Waals surface area contributed by atoms with Crippen LogP contribution in [-0.4, -0.2) is 10.9 Å². The SMILES string of the molecule is O=C(Nc1cc(C(F)(F)F)ccc1Cl)c1c[nH]c2cccc(I)c12. The predicted octanol–water partition coefficient (Wildman–Crippen LogP) is 5.70. The summed E-state index contributed by atoms with van der Waals surface area (Å²) in [6.45, 7) is 0. The van der Waals surface area contributed by atoms with Gasteiger partial charge in [0.25, 0.3) is 5.91 Å². The molecular formula is C16H9ClF3IN2O. The number of fused-ring (bicyclic) bond motifs is 1. The van der Waals surface area contributed by atoms with E-state index in [9.17, 15) is 18.0 Å². The molecule has 2 aromatic carbocycles. The Bertz CT molecular complexity index is 937. The van der Waals surface area contributed by atoms with Crippen LogP contribution in [0.4, 0.5) is 18.9 Å². The first-order valence-electron chi connectivity index (χ1n) is 6.71. The molecule has 0 bridgehead atoms. The maximum absolute atomic E-state index is 12.8. The van der Waals surface area contributed by atoms with Crippen molar-refractivity contribution in [2.24, 2.45) is 0 Å². The first-order chi connectivity index (χ1) is 11.3. The number of rotatable bonds is 2. The third kappa shape index (κ3) is 3.23. The maximum Gasteiger partial charge on any atom is 0.416 e. The monoisotopic (exact) mass is 464 g/mol. The Hall–Kier alpha value is -1.74. The zero-order valence-corrected chi connectivity index (χ0v) is 14.8. The molecule has 124 valence electrons. The van der Waals surface area contributed by atoms with E-state index in [0.29, 0.717) is 10.9 Å². The van der Waals surface area contributed by atoms with Crippen LogP contribution >= 0.6 is 34.2 Å². The lowest BCUT2D eigenvalue weighted by molar-refractivity contribution is -0.137. The number of aromatic nitrogens is 1. The lowest BCUT2D eigenvalue weighted by Crippen LogP contribution is -2.13. The Morgan fingerprint density at radius 3 is 2.67 bits per heavy atom. The van der Waals surface area contributed by atoms with Crippen molar-refractivity contribution in [1.29, 1.82) is 0 Å². The molecule has 1 heterocycles. The van der Waals surface area contributed by atoms with E-state index in [0.717, 1.165) is 27.3 Å². The van der Waals surface area contributed by atoms with E-state index < -0.39 is 17.6 Å². The second kappa shape index (κ2) is 6.29. The van der Waals surface area contributed by atoms with Gasteiger partial charge in [0.2, 0.25) is 0 Å². The van der Waals surface area contributed by atoms with Crippen LogP contribution in [0.25, 0.3) is 10.9 Å². The van der Waals surface area contributed by atoms with Crippen LogP contribution in [0.5, 0.6) is 0 Å². The quantitative estimate of drug-likeness (QED) is 0.470. The molecule has 1 aromatic heterocycles. The van der Waals surface area contributed by atoms with Crippen LogP contribution < -0.4 is 5.32 Å². The maximum atomic E-state index is 12.8. The summed E-state index contributed by atoms with van der Waals surface area (Å²) >= 11 is 8.00. The normalized spacial score (nSPS) is 11.7. The summed E-state index contributed by atoms with van der Waals surface area (Å²) in [5.41, 5.74) is 0.137. The number of hydrogen-bond donors (Lipinski definition) is 2. The van der Waals surface area contributed by atoms with E-state index in [1.807, 2.05) is 18.2 Å². The largest absolute Gasteiger partial charge is 0.416 e. The summed E-state index contributed by atoms with van der Waals surface area (Å²) in [5, 5.41) is 3.19. The molecule has 1 amide bonds. The Kier molecular flexibility index (Phi) is 4.48. The van der Waals surface area contributed by atoms with Gasteiger partial charge >= 0.3 is 6.18 Å². The molecule has 0 aliphatic carbocycles. The van der Waals surface area contributed by atoms with Crippen molar-refractivity contribution in [3.05, 3.63) is 62.3 Å². The smallest absolute Gasteiger partial charge is 0.360 e. The third-order valence-electron chi connectivity index (χ3n) is 3.44. The molecule has 0 radical (unpaired) electrons. The molecule has 24 heavy (non-hydrogen) atoms. The van der Waals surface area contributed by atoms with Gasteiger partial charge in [-0.15, -0.1) is 0 Å². The van der Waals surface area contributed by atoms with E-state index in [2.05, 4.69) is 32.9 Å². The van der Waals surface area contributed by atoms with Gasteiger partial charge in [-0.3, -0.25) is 4.79 Å². The van der Waals surface area contributed by atoms with Gasteiger partial charge in [-0.05, 0) is 52.9 Å². The number of alkyl halides is 3. The molecule has 0 fully saturated rings. The summed E-state index contributed by atoms with van der Waals surface area (Å²) < 4.78 is 39.3. The number of carbonyl (C=O) groups is 1. The van der Waals surface area contributed by atoms with E-state index in [1.165, 1.54) is 6.20 Å². The second-order valence-corrected chi connectivity index (χ2v) is 6.58. The molecule has 3 aromatic rings. The number of amides is 1. The van der Waals surface area contributed by atoms with Gasteiger partial charge in [-0.2, -0.15) is 13.2 Å². The van der Waals surface area contributed by atoms with Crippen LogP contribution in [0.3, 0.4) is 0 Å². The van der Waals surface area contributed by atoms with E-state index in [-0.39, 0.29) is 10.7 Å². The average Bonchev–Trinajstić information content (AvgIpc) is 2.94.